The van der Waals surface area contributed by atoms with Crippen LogP contribution in [-0.4, -0.2) is 9.97 Å². The first kappa shape index (κ1) is 15.3. The maximum absolute atomic E-state index is 6.27. The van der Waals surface area contributed by atoms with Gasteiger partial charge in [-0.15, -0.1) is 0 Å². The quantitative estimate of drug-likeness (QED) is 0.714. The van der Waals surface area contributed by atoms with Gasteiger partial charge in [-0.2, -0.15) is 0 Å². The van der Waals surface area contributed by atoms with E-state index in [1.54, 1.807) is 11.8 Å². The van der Waals surface area contributed by atoms with E-state index >= 15 is 0 Å². The molecule has 106 valence electrons. The van der Waals surface area contributed by atoms with Gasteiger partial charge in [0.15, 0.2) is 0 Å². The highest BCUT2D eigenvalue weighted by atomic mass is 35.5. The molecule has 0 unspecified atom stereocenters. The normalized spacial score (nSPS) is 11.7. The van der Waals surface area contributed by atoms with E-state index in [1.807, 2.05) is 19.1 Å². The Morgan fingerprint density at radius 2 is 1.70 bits per heavy atom. The maximum Gasteiger partial charge on any atom is 0.136 e. The van der Waals surface area contributed by atoms with E-state index in [-0.39, 0.29) is 5.41 Å². The lowest BCUT2D eigenvalue weighted by Crippen LogP contribution is -2.17. The summed E-state index contributed by atoms with van der Waals surface area (Å²) in [6, 6.07) is 8.29. The molecule has 0 fully saturated rings. The Morgan fingerprint density at radius 3 is 2.30 bits per heavy atom. The fourth-order valence-corrected chi connectivity index (χ4v) is 2.87. The van der Waals surface area contributed by atoms with Crippen LogP contribution in [0.4, 0.5) is 0 Å². The molecule has 0 atom stereocenters. The van der Waals surface area contributed by atoms with Gasteiger partial charge in [0.05, 0.1) is 0 Å². The summed E-state index contributed by atoms with van der Waals surface area (Å²) in [7, 11) is 0. The van der Waals surface area contributed by atoms with Gasteiger partial charge in [-0.05, 0) is 25.5 Å². The lowest BCUT2D eigenvalue weighted by Gasteiger charge is -2.19. The van der Waals surface area contributed by atoms with E-state index in [4.69, 9.17) is 16.6 Å². The molecule has 20 heavy (non-hydrogen) atoms. The van der Waals surface area contributed by atoms with Gasteiger partial charge in [0.25, 0.3) is 0 Å². The van der Waals surface area contributed by atoms with Crippen molar-refractivity contribution in [2.75, 3.05) is 0 Å². The van der Waals surface area contributed by atoms with Crippen molar-refractivity contribution in [3.8, 4) is 0 Å². The molecule has 0 spiro atoms. The average Bonchev–Trinajstić information content (AvgIpc) is 2.36. The molecule has 1 aromatic carbocycles. The van der Waals surface area contributed by atoms with Crippen LogP contribution in [0, 0.1) is 13.8 Å². The van der Waals surface area contributed by atoms with Crippen molar-refractivity contribution >= 4 is 23.4 Å². The van der Waals surface area contributed by atoms with Crippen LogP contribution in [-0.2, 0) is 5.41 Å². The zero-order valence-corrected chi connectivity index (χ0v) is 14.1. The van der Waals surface area contributed by atoms with Crippen molar-refractivity contribution in [3.63, 3.8) is 0 Å². The van der Waals surface area contributed by atoms with E-state index in [0.29, 0.717) is 5.15 Å². The lowest BCUT2D eigenvalue weighted by atomic mass is 9.96. The minimum absolute atomic E-state index is 0.113. The van der Waals surface area contributed by atoms with Crippen LogP contribution in [0.25, 0.3) is 0 Å². The van der Waals surface area contributed by atoms with Crippen molar-refractivity contribution in [1.29, 1.82) is 0 Å². The molecule has 0 radical (unpaired) electrons. The minimum atomic E-state index is -0.113. The molecular weight excluding hydrogens is 288 g/mol. The van der Waals surface area contributed by atoms with Crippen molar-refractivity contribution < 1.29 is 0 Å². The Balaban J connectivity index is 2.46. The molecule has 0 bridgehead atoms. The Bertz CT molecular complexity index is 633. The van der Waals surface area contributed by atoms with Crippen LogP contribution in [0.2, 0.25) is 5.15 Å². The van der Waals surface area contributed by atoms with Gasteiger partial charge in [0.2, 0.25) is 0 Å². The summed E-state index contributed by atoms with van der Waals surface area (Å²) < 4.78 is 0. The molecule has 4 heteroatoms. The van der Waals surface area contributed by atoms with Crippen molar-refractivity contribution in [1.82, 2.24) is 9.97 Å². The second-order valence-electron chi connectivity index (χ2n) is 5.89. The number of hydrogen-bond acceptors (Lipinski definition) is 3. The highest BCUT2D eigenvalue weighted by Gasteiger charge is 2.21. The lowest BCUT2D eigenvalue weighted by molar-refractivity contribution is 0.537. The topological polar surface area (TPSA) is 25.8 Å². The number of benzene rings is 1. The molecule has 0 aliphatic heterocycles. The molecule has 0 saturated carbocycles. The van der Waals surface area contributed by atoms with Crippen LogP contribution >= 0.6 is 23.4 Å². The third-order valence-corrected chi connectivity index (χ3v) is 4.65. The summed E-state index contributed by atoms with van der Waals surface area (Å²) in [6.45, 7) is 10.4. The Labute approximate surface area is 130 Å². The average molecular weight is 307 g/mol. The van der Waals surface area contributed by atoms with Crippen LogP contribution < -0.4 is 0 Å². The van der Waals surface area contributed by atoms with Gasteiger partial charge in [0, 0.05) is 15.9 Å². The second kappa shape index (κ2) is 5.74. The van der Waals surface area contributed by atoms with Crippen molar-refractivity contribution in [3.05, 3.63) is 46.4 Å². The fourth-order valence-electron chi connectivity index (χ4n) is 1.68. The Hall–Kier alpha value is -1.06. The van der Waals surface area contributed by atoms with Gasteiger partial charge >= 0.3 is 0 Å². The van der Waals surface area contributed by atoms with Crippen LogP contribution in [0.15, 0.2) is 34.2 Å². The van der Waals surface area contributed by atoms with Crippen molar-refractivity contribution in [2.24, 2.45) is 0 Å². The number of rotatable bonds is 2. The molecule has 2 rings (SSSR count). The summed E-state index contributed by atoms with van der Waals surface area (Å²) >= 11 is 7.92. The van der Waals surface area contributed by atoms with Crippen molar-refractivity contribution in [2.45, 2.75) is 50.0 Å². The first-order valence-electron chi connectivity index (χ1n) is 6.57. The second-order valence-corrected chi connectivity index (χ2v) is 7.27. The summed E-state index contributed by atoms with van der Waals surface area (Å²) in [5.74, 6) is 0.782. The van der Waals surface area contributed by atoms with Gasteiger partial charge < -0.3 is 0 Å². The zero-order chi connectivity index (χ0) is 14.9. The molecule has 0 aliphatic carbocycles. The highest BCUT2D eigenvalue weighted by Crippen LogP contribution is 2.34. The largest absolute Gasteiger partial charge is 0.225 e. The number of halogens is 1. The van der Waals surface area contributed by atoms with E-state index in [1.165, 1.54) is 10.5 Å². The van der Waals surface area contributed by atoms with E-state index in [2.05, 4.69) is 44.8 Å². The third kappa shape index (κ3) is 3.33. The molecule has 1 aromatic heterocycles. The number of hydrogen-bond donors (Lipinski definition) is 0. The highest BCUT2D eigenvalue weighted by molar-refractivity contribution is 7.99. The number of aromatic nitrogens is 2. The summed E-state index contributed by atoms with van der Waals surface area (Å²) in [5.41, 5.74) is 2.06. The van der Waals surface area contributed by atoms with Crippen LogP contribution in [0.1, 0.15) is 37.7 Å². The molecular formula is C16H19ClN2S. The Morgan fingerprint density at radius 1 is 1.05 bits per heavy atom. The Kier molecular flexibility index (Phi) is 4.40. The predicted octanol–water partition coefficient (Wildman–Crippen LogP) is 5.20. The van der Waals surface area contributed by atoms with Gasteiger partial charge in [-0.3, -0.25) is 0 Å². The minimum Gasteiger partial charge on any atom is -0.225 e. The first-order valence-corrected chi connectivity index (χ1v) is 7.76. The summed E-state index contributed by atoms with van der Waals surface area (Å²) in [4.78, 5) is 10.3. The van der Waals surface area contributed by atoms with E-state index < -0.39 is 0 Å². The van der Waals surface area contributed by atoms with Gasteiger partial charge in [-0.1, -0.05) is 62.3 Å². The summed E-state index contributed by atoms with van der Waals surface area (Å²) in [5, 5.41) is 1.48. The fraction of sp³-hybridized carbons (Fsp3) is 0.375. The van der Waals surface area contributed by atoms with E-state index in [0.717, 1.165) is 16.4 Å². The van der Waals surface area contributed by atoms with Crippen LogP contribution in [0.5, 0.6) is 0 Å². The molecule has 0 saturated heterocycles. The standard InChI is InChI=1S/C16H19ClN2S/c1-10-8-6-7-9-12(10)20-14-11(2)13(17)18-15(19-14)16(3,4)5/h6-9H,1-5H3. The van der Waals surface area contributed by atoms with Crippen LogP contribution in [0.3, 0.4) is 0 Å². The smallest absolute Gasteiger partial charge is 0.136 e. The van der Waals surface area contributed by atoms with E-state index in [9.17, 15) is 0 Å². The number of nitrogens with zero attached hydrogens (tertiary/aromatic N) is 2. The molecule has 2 aromatic rings. The monoisotopic (exact) mass is 306 g/mol. The van der Waals surface area contributed by atoms with Gasteiger partial charge in [-0.25, -0.2) is 9.97 Å². The third-order valence-electron chi connectivity index (χ3n) is 3.01. The molecule has 1 heterocycles. The maximum atomic E-state index is 6.27. The first-order chi connectivity index (χ1) is 9.29. The SMILES string of the molecule is Cc1ccccc1Sc1nc(C(C)(C)C)nc(Cl)c1C. The molecule has 0 aliphatic rings. The predicted molar refractivity (Wildman–Crippen MR) is 85.8 cm³/mol. The molecule has 0 N–H and O–H groups in total. The number of aryl methyl sites for hydroxylation is 1. The molecule has 2 nitrogen and oxygen atoms in total. The summed E-state index contributed by atoms with van der Waals surface area (Å²) in [6.07, 6.45) is 0. The molecule has 0 amide bonds. The van der Waals surface area contributed by atoms with Gasteiger partial charge in [0.1, 0.15) is 16.0 Å². The zero-order valence-electron chi connectivity index (χ0n) is 12.5.